The van der Waals surface area contributed by atoms with Crippen LogP contribution in [0, 0.1) is 0 Å². The topological polar surface area (TPSA) is 94.8 Å². The van der Waals surface area contributed by atoms with Crippen molar-refractivity contribution < 1.29 is 18.3 Å². The summed E-state index contributed by atoms with van der Waals surface area (Å²) < 4.78 is 34.8. The summed E-state index contributed by atoms with van der Waals surface area (Å²) in [4.78, 5) is 23.5. The van der Waals surface area contributed by atoms with E-state index in [1.165, 1.54) is 17.7 Å². The number of pyridine rings is 1. The molecule has 0 radical (unpaired) electrons. The van der Waals surface area contributed by atoms with Crippen molar-refractivity contribution >= 4 is 22.6 Å². The van der Waals surface area contributed by atoms with Crippen molar-refractivity contribution in [1.29, 1.82) is 0 Å². The molecule has 29 heavy (non-hydrogen) atoms. The first-order valence-corrected chi connectivity index (χ1v) is 9.33. The Morgan fingerprint density at radius 2 is 2.10 bits per heavy atom. The molecule has 1 aliphatic rings. The van der Waals surface area contributed by atoms with Gasteiger partial charge < -0.3 is 10.1 Å². The molecule has 0 unspecified atom stereocenters. The Bertz CT molecular complexity index is 1090. The Hall–Kier alpha value is -3.17. The molecule has 8 nitrogen and oxygen atoms in total. The minimum absolute atomic E-state index is 0.0433. The van der Waals surface area contributed by atoms with Crippen molar-refractivity contribution in [3.63, 3.8) is 0 Å². The van der Waals surface area contributed by atoms with Gasteiger partial charge in [-0.3, -0.25) is 4.79 Å². The summed E-state index contributed by atoms with van der Waals surface area (Å²) in [5.41, 5.74) is 1.44. The van der Waals surface area contributed by atoms with E-state index in [1.807, 2.05) is 0 Å². The van der Waals surface area contributed by atoms with E-state index in [1.54, 1.807) is 19.2 Å². The molecule has 0 aromatic carbocycles. The van der Waals surface area contributed by atoms with Gasteiger partial charge in [0.15, 0.2) is 5.82 Å². The van der Waals surface area contributed by atoms with E-state index >= 15 is 0 Å². The highest BCUT2D eigenvalue weighted by molar-refractivity contribution is 5.91. The Labute approximate surface area is 165 Å². The Morgan fingerprint density at radius 1 is 1.34 bits per heavy atom. The third-order valence-corrected chi connectivity index (χ3v) is 4.45. The molecule has 152 valence electrons. The van der Waals surface area contributed by atoms with E-state index in [9.17, 15) is 13.6 Å². The molecular formula is C19H20F2N6O2. The van der Waals surface area contributed by atoms with Crippen LogP contribution in [0.5, 0.6) is 5.88 Å². The number of anilines is 1. The maximum Gasteiger partial charge on any atom is 0.304 e. The smallest absolute Gasteiger partial charge is 0.304 e. The number of ether oxygens (including phenoxy) is 1. The van der Waals surface area contributed by atoms with Crippen LogP contribution in [0.25, 0.3) is 16.7 Å². The molecule has 3 heterocycles. The largest absolute Gasteiger partial charge is 0.478 e. The van der Waals surface area contributed by atoms with Crippen LogP contribution in [-0.2, 0) is 10.7 Å². The Kier molecular flexibility index (Phi) is 4.64. The number of aromatic nitrogens is 5. The standard InChI is InChI=1S/C19H20F2N6O2/c1-4-29-16-8-15(24-18(25-16)19(3,20)21)27-13-7-14(23-10(2)28)22-9-12(13)17(26-27)11-5-6-11/h7-9,11H,4-6H2,1-3H3,(H,22,23,28). The minimum atomic E-state index is -3.24. The van der Waals surface area contributed by atoms with Crippen molar-refractivity contribution in [2.75, 3.05) is 11.9 Å². The van der Waals surface area contributed by atoms with Crippen LogP contribution < -0.4 is 10.1 Å². The number of carbonyl (C=O) groups excluding carboxylic acids is 1. The predicted octanol–water partition coefficient (Wildman–Crippen LogP) is 3.56. The number of rotatable bonds is 6. The van der Waals surface area contributed by atoms with Crippen molar-refractivity contribution in [3.05, 3.63) is 29.8 Å². The second-order valence-corrected chi connectivity index (χ2v) is 7.05. The predicted molar refractivity (Wildman–Crippen MR) is 101 cm³/mol. The molecule has 4 rings (SSSR count). The van der Waals surface area contributed by atoms with Gasteiger partial charge in [0.2, 0.25) is 17.6 Å². The molecule has 10 heteroatoms. The molecule has 1 amide bonds. The molecular weight excluding hydrogens is 382 g/mol. The lowest BCUT2D eigenvalue weighted by atomic mass is 10.2. The van der Waals surface area contributed by atoms with E-state index in [-0.39, 0.29) is 24.2 Å². The monoisotopic (exact) mass is 402 g/mol. The molecule has 0 bridgehead atoms. The van der Waals surface area contributed by atoms with Gasteiger partial charge in [0, 0.05) is 43.5 Å². The average Bonchev–Trinajstić information content (AvgIpc) is 3.41. The van der Waals surface area contributed by atoms with Crippen LogP contribution in [0.3, 0.4) is 0 Å². The molecule has 1 aliphatic carbocycles. The summed E-state index contributed by atoms with van der Waals surface area (Å²) >= 11 is 0. The summed E-state index contributed by atoms with van der Waals surface area (Å²) in [6.07, 6.45) is 3.65. The number of hydrogen-bond donors (Lipinski definition) is 1. The van der Waals surface area contributed by atoms with E-state index in [2.05, 4.69) is 25.4 Å². The van der Waals surface area contributed by atoms with Gasteiger partial charge in [-0.15, -0.1) is 0 Å². The normalized spacial score (nSPS) is 14.2. The van der Waals surface area contributed by atoms with Gasteiger partial charge in [-0.05, 0) is 19.8 Å². The third kappa shape index (κ3) is 3.87. The number of alkyl halides is 2. The fourth-order valence-electron chi connectivity index (χ4n) is 3.05. The molecule has 3 aromatic rings. The summed E-state index contributed by atoms with van der Waals surface area (Å²) in [6.45, 7) is 4.13. The van der Waals surface area contributed by atoms with Crippen LogP contribution >= 0.6 is 0 Å². The van der Waals surface area contributed by atoms with Crippen molar-refractivity contribution in [2.24, 2.45) is 0 Å². The van der Waals surface area contributed by atoms with Crippen molar-refractivity contribution in [3.8, 4) is 11.7 Å². The van der Waals surface area contributed by atoms with Crippen molar-refractivity contribution in [2.45, 2.75) is 45.5 Å². The van der Waals surface area contributed by atoms with Crippen LogP contribution in [0.4, 0.5) is 14.6 Å². The summed E-state index contributed by atoms with van der Waals surface area (Å²) in [5.74, 6) is -3.31. The van der Waals surface area contributed by atoms with E-state index < -0.39 is 11.7 Å². The number of nitrogens with one attached hydrogen (secondary N) is 1. The number of carbonyl (C=O) groups is 1. The quantitative estimate of drug-likeness (QED) is 0.678. The van der Waals surface area contributed by atoms with Gasteiger partial charge in [0.05, 0.1) is 17.8 Å². The maximum atomic E-state index is 14.0. The minimum Gasteiger partial charge on any atom is -0.478 e. The summed E-state index contributed by atoms with van der Waals surface area (Å²) in [6, 6.07) is 3.13. The maximum absolute atomic E-state index is 14.0. The van der Waals surface area contributed by atoms with Gasteiger partial charge in [-0.1, -0.05) is 0 Å². The number of nitrogens with zero attached hydrogens (tertiary/aromatic N) is 5. The SMILES string of the molecule is CCOc1cc(-n2nc(C3CC3)c3cnc(NC(C)=O)cc32)nc(C(C)(F)F)n1. The number of fused-ring (bicyclic) bond motifs is 1. The molecule has 3 aromatic heterocycles. The van der Waals surface area contributed by atoms with Gasteiger partial charge in [-0.2, -0.15) is 18.9 Å². The highest BCUT2D eigenvalue weighted by Crippen LogP contribution is 2.43. The van der Waals surface area contributed by atoms with Crippen molar-refractivity contribution in [1.82, 2.24) is 24.7 Å². The van der Waals surface area contributed by atoms with E-state index in [0.29, 0.717) is 17.3 Å². The van der Waals surface area contributed by atoms with E-state index in [0.717, 1.165) is 30.8 Å². The Balaban J connectivity index is 1.92. The lowest BCUT2D eigenvalue weighted by molar-refractivity contribution is -0.114. The molecule has 0 atom stereocenters. The molecule has 1 fully saturated rings. The number of amides is 1. The summed E-state index contributed by atoms with van der Waals surface area (Å²) in [5, 5.41) is 8.06. The number of halogens is 2. The van der Waals surface area contributed by atoms with Crippen LogP contribution in [0.2, 0.25) is 0 Å². The third-order valence-electron chi connectivity index (χ3n) is 4.45. The average molecular weight is 402 g/mol. The molecule has 1 N–H and O–H groups in total. The van der Waals surface area contributed by atoms with Gasteiger partial charge in [-0.25, -0.2) is 14.6 Å². The van der Waals surface area contributed by atoms with Crippen LogP contribution in [-0.4, -0.2) is 37.2 Å². The van der Waals surface area contributed by atoms with Gasteiger partial charge >= 0.3 is 5.92 Å². The zero-order valence-electron chi connectivity index (χ0n) is 16.2. The zero-order chi connectivity index (χ0) is 20.8. The molecule has 0 saturated heterocycles. The summed E-state index contributed by atoms with van der Waals surface area (Å²) in [7, 11) is 0. The van der Waals surface area contributed by atoms with Gasteiger partial charge in [0.25, 0.3) is 0 Å². The van der Waals surface area contributed by atoms with Gasteiger partial charge in [0.1, 0.15) is 5.82 Å². The highest BCUT2D eigenvalue weighted by Gasteiger charge is 2.32. The first kappa shape index (κ1) is 19.2. The lowest BCUT2D eigenvalue weighted by Crippen LogP contribution is -2.16. The Morgan fingerprint density at radius 3 is 2.72 bits per heavy atom. The molecule has 0 spiro atoms. The van der Waals surface area contributed by atoms with Crippen LogP contribution in [0.15, 0.2) is 18.3 Å². The first-order valence-electron chi connectivity index (χ1n) is 9.33. The highest BCUT2D eigenvalue weighted by atomic mass is 19.3. The van der Waals surface area contributed by atoms with E-state index in [4.69, 9.17) is 4.74 Å². The lowest BCUT2D eigenvalue weighted by Gasteiger charge is -2.13. The molecule has 1 saturated carbocycles. The van der Waals surface area contributed by atoms with Crippen LogP contribution in [0.1, 0.15) is 51.0 Å². The fourth-order valence-corrected chi connectivity index (χ4v) is 3.05. The second kappa shape index (κ2) is 7.02. The fraction of sp³-hybridized carbons (Fsp3) is 0.421. The molecule has 0 aliphatic heterocycles. The zero-order valence-corrected chi connectivity index (χ0v) is 16.2. The number of hydrogen-bond acceptors (Lipinski definition) is 6. The first-order chi connectivity index (χ1) is 13.8. The second-order valence-electron chi connectivity index (χ2n) is 7.05.